The highest BCUT2D eigenvalue weighted by atomic mass is 16.6. The highest BCUT2D eigenvalue weighted by molar-refractivity contribution is 6.35. The molecule has 0 unspecified atom stereocenters. The smallest absolute Gasteiger partial charge is 0.283 e. The van der Waals surface area contributed by atoms with Gasteiger partial charge in [-0.3, -0.25) is 19.7 Å². The molecule has 0 aromatic heterocycles. The molecule has 1 aliphatic heterocycles. The number of ether oxygens (including phenoxy) is 1. The Labute approximate surface area is 131 Å². The maximum atomic E-state index is 12.6. The Bertz CT molecular complexity index is 860. The van der Waals surface area contributed by atoms with Crippen molar-refractivity contribution in [2.24, 2.45) is 0 Å². The zero-order valence-corrected chi connectivity index (χ0v) is 12.4. The van der Waals surface area contributed by atoms with Gasteiger partial charge >= 0.3 is 0 Å². The predicted molar refractivity (Wildman–Crippen MR) is 82.0 cm³/mol. The summed E-state index contributed by atoms with van der Waals surface area (Å²) < 4.78 is 5.20. The molecular weight excluding hydrogens is 300 g/mol. The normalized spacial score (nSPS) is 13.2. The van der Waals surface area contributed by atoms with Crippen molar-refractivity contribution in [1.82, 2.24) is 0 Å². The Hall–Kier alpha value is -3.22. The van der Waals surface area contributed by atoms with Crippen molar-refractivity contribution in [2.45, 2.75) is 6.92 Å². The summed E-state index contributed by atoms with van der Waals surface area (Å²) >= 11 is 0. The molecule has 0 saturated carbocycles. The van der Waals surface area contributed by atoms with Crippen LogP contribution in [0.25, 0.3) is 0 Å². The third-order valence-electron chi connectivity index (χ3n) is 3.74. The molecule has 23 heavy (non-hydrogen) atoms. The van der Waals surface area contributed by atoms with Gasteiger partial charge in [0.1, 0.15) is 11.3 Å². The summed E-state index contributed by atoms with van der Waals surface area (Å²) in [6.07, 6.45) is 0. The van der Waals surface area contributed by atoms with Crippen LogP contribution in [0.15, 0.2) is 36.4 Å². The van der Waals surface area contributed by atoms with Gasteiger partial charge in [0.2, 0.25) is 0 Å². The number of rotatable bonds is 3. The van der Waals surface area contributed by atoms with E-state index in [0.29, 0.717) is 11.4 Å². The van der Waals surface area contributed by atoms with Gasteiger partial charge in [0.05, 0.1) is 23.3 Å². The van der Waals surface area contributed by atoms with Crippen LogP contribution in [0.4, 0.5) is 11.4 Å². The molecular formula is C16H12N2O5. The zero-order valence-electron chi connectivity index (χ0n) is 12.4. The SMILES string of the molecule is COc1cc(N2C(=O)c3cccc([N+](=O)[O-])c3C2=O)ccc1C. The molecule has 116 valence electrons. The summed E-state index contributed by atoms with van der Waals surface area (Å²) in [6.45, 7) is 1.83. The van der Waals surface area contributed by atoms with E-state index in [1.165, 1.54) is 25.3 Å². The molecule has 0 atom stereocenters. The molecule has 1 aliphatic rings. The van der Waals surface area contributed by atoms with E-state index in [2.05, 4.69) is 0 Å². The van der Waals surface area contributed by atoms with Crippen molar-refractivity contribution in [2.75, 3.05) is 12.0 Å². The minimum Gasteiger partial charge on any atom is -0.496 e. The second-order valence-electron chi connectivity index (χ2n) is 5.06. The van der Waals surface area contributed by atoms with Crippen LogP contribution in [0.3, 0.4) is 0 Å². The molecule has 0 fully saturated rings. The second-order valence-corrected chi connectivity index (χ2v) is 5.06. The number of carbonyl (C=O) groups excluding carboxylic acids is 2. The van der Waals surface area contributed by atoms with Crippen molar-refractivity contribution in [3.8, 4) is 5.75 Å². The number of benzene rings is 2. The number of nitro benzene ring substituents is 1. The lowest BCUT2D eigenvalue weighted by Gasteiger charge is -2.15. The second kappa shape index (κ2) is 5.20. The van der Waals surface area contributed by atoms with Crippen molar-refractivity contribution in [3.05, 3.63) is 63.2 Å². The van der Waals surface area contributed by atoms with E-state index in [1.54, 1.807) is 18.2 Å². The average Bonchev–Trinajstić information content (AvgIpc) is 2.79. The predicted octanol–water partition coefficient (Wildman–Crippen LogP) is 2.71. The molecule has 0 spiro atoms. The van der Waals surface area contributed by atoms with E-state index >= 15 is 0 Å². The lowest BCUT2D eigenvalue weighted by Crippen LogP contribution is -2.29. The topological polar surface area (TPSA) is 89.8 Å². The molecule has 0 bridgehead atoms. The van der Waals surface area contributed by atoms with Crippen molar-refractivity contribution in [3.63, 3.8) is 0 Å². The number of nitro groups is 1. The number of hydrogen-bond donors (Lipinski definition) is 0. The maximum Gasteiger partial charge on any atom is 0.283 e. The summed E-state index contributed by atoms with van der Waals surface area (Å²) in [5, 5.41) is 11.1. The van der Waals surface area contributed by atoms with Gasteiger partial charge in [-0.1, -0.05) is 12.1 Å². The molecule has 7 nitrogen and oxygen atoms in total. The first-order valence-electron chi connectivity index (χ1n) is 6.76. The molecule has 3 rings (SSSR count). The molecule has 7 heteroatoms. The van der Waals surface area contributed by atoms with Gasteiger partial charge in [-0.15, -0.1) is 0 Å². The number of fused-ring (bicyclic) bond motifs is 1. The van der Waals surface area contributed by atoms with Gasteiger partial charge in [-0.25, -0.2) is 4.90 Å². The molecule has 0 aliphatic carbocycles. The summed E-state index contributed by atoms with van der Waals surface area (Å²) in [7, 11) is 1.49. The standard InChI is InChI=1S/C16H12N2O5/c1-9-6-7-10(8-13(9)23-2)17-15(19)11-4-3-5-12(18(21)22)14(11)16(17)20/h3-8H,1-2H3. The van der Waals surface area contributed by atoms with Crippen LogP contribution in [-0.2, 0) is 0 Å². The van der Waals surface area contributed by atoms with E-state index in [1.807, 2.05) is 6.92 Å². The van der Waals surface area contributed by atoms with E-state index < -0.39 is 16.7 Å². The van der Waals surface area contributed by atoms with Crippen LogP contribution >= 0.6 is 0 Å². The molecule has 2 aromatic rings. The van der Waals surface area contributed by atoms with Crippen LogP contribution in [0, 0.1) is 17.0 Å². The minimum atomic E-state index is -0.705. The first-order valence-corrected chi connectivity index (χ1v) is 6.76. The van der Waals surface area contributed by atoms with Crippen molar-refractivity contribution < 1.29 is 19.2 Å². The lowest BCUT2D eigenvalue weighted by molar-refractivity contribution is -0.385. The molecule has 2 amide bonds. The maximum absolute atomic E-state index is 12.6. The van der Waals surface area contributed by atoms with Gasteiger partial charge in [0.15, 0.2) is 0 Å². The molecule has 1 heterocycles. The number of amides is 2. The first kappa shape index (κ1) is 14.7. The van der Waals surface area contributed by atoms with E-state index in [-0.39, 0.29) is 16.8 Å². The zero-order chi connectivity index (χ0) is 16.7. The Morgan fingerprint density at radius 3 is 2.52 bits per heavy atom. The summed E-state index contributed by atoms with van der Waals surface area (Å²) in [5.74, 6) is -0.767. The van der Waals surface area contributed by atoms with E-state index in [4.69, 9.17) is 4.74 Å². The van der Waals surface area contributed by atoms with Gasteiger partial charge in [-0.05, 0) is 24.6 Å². The summed E-state index contributed by atoms with van der Waals surface area (Å²) in [4.78, 5) is 36.5. The fraction of sp³-hybridized carbons (Fsp3) is 0.125. The number of imide groups is 1. The monoisotopic (exact) mass is 312 g/mol. The van der Waals surface area contributed by atoms with Crippen molar-refractivity contribution in [1.29, 1.82) is 0 Å². The highest BCUT2D eigenvalue weighted by Gasteiger charge is 2.41. The minimum absolute atomic E-state index is 0.0312. The number of aryl methyl sites for hydroxylation is 1. The quantitative estimate of drug-likeness (QED) is 0.494. The van der Waals surface area contributed by atoms with Gasteiger partial charge in [0.25, 0.3) is 17.5 Å². The highest BCUT2D eigenvalue weighted by Crippen LogP contribution is 2.35. The molecule has 0 radical (unpaired) electrons. The van der Waals surface area contributed by atoms with Crippen LogP contribution in [0.2, 0.25) is 0 Å². The summed E-state index contributed by atoms with van der Waals surface area (Å²) in [6, 6.07) is 8.89. The van der Waals surface area contributed by atoms with Crippen LogP contribution in [-0.4, -0.2) is 23.8 Å². The first-order chi connectivity index (χ1) is 11.0. The number of anilines is 1. The largest absolute Gasteiger partial charge is 0.496 e. The van der Waals surface area contributed by atoms with E-state index in [0.717, 1.165) is 10.5 Å². The van der Waals surface area contributed by atoms with Crippen molar-refractivity contribution >= 4 is 23.2 Å². The average molecular weight is 312 g/mol. The fourth-order valence-corrected chi connectivity index (χ4v) is 2.60. The lowest BCUT2D eigenvalue weighted by atomic mass is 10.1. The Kier molecular flexibility index (Phi) is 3.33. The number of methoxy groups -OCH3 is 1. The fourth-order valence-electron chi connectivity index (χ4n) is 2.60. The number of hydrogen-bond acceptors (Lipinski definition) is 5. The molecule has 0 N–H and O–H groups in total. The number of nitrogens with zero attached hydrogens (tertiary/aromatic N) is 2. The van der Waals surface area contributed by atoms with Gasteiger partial charge in [-0.2, -0.15) is 0 Å². The Morgan fingerprint density at radius 2 is 1.87 bits per heavy atom. The van der Waals surface area contributed by atoms with E-state index in [9.17, 15) is 19.7 Å². The third-order valence-corrected chi connectivity index (χ3v) is 3.74. The van der Waals surface area contributed by atoms with Gasteiger partial charge in [0, 0.05) is 12.1 Å². The van der Waals surface area contributed by atoms with Gasteiger partial charge < -0.3 is 4.74 Å². The number of carbonyl (C=O) groups is 2. The summed E-state index contributed by atoms with van der Waals surface area (Å²) in [5.41, 5.74) is 0.639. The van der Waals surface area contributed by atoms with Crippen LogP contribution in [0.5, 0.6) is 5.75 Å². The third kappa shape index (κ3) is 2.13. The molecule has 0 saturated heterocycles. The Balaban J connectivity index is 2.14. The Morgan fingerprint density at radius 1 is 1.13 bits per heavy atom. The molecule has 2 aromatic carbocycles. The van der Waals surface area contributed by atoms with Crippen LogP contribution in [0.1, 0.15) is 26.3 Å². The van der Waals surface area contributed by atoms with Crippen LogP contribution < -0.4 is 9.64 Å².